The van der Waals surface area contributed by atoms with Gasteiger partial charge >= 0.3 is 0 Å². The van der Waals surface area contributed by atoms with Crippen molar-refractivity contribution in [3.63, 3.8) is 0 Å². The molecule has 33 heavy (non-hydrogen) atoms. The van der Waals surface area contributed by atoms with Gasteiger partial charge in [-0.15, -0.1) is 0 Å². The van der Waals surface area contributed by atoms with Gasteiger partial charge in [0.1, 0.15) is 23.7 Å². The molecule has 4 rings (SSSR count). The molecule has 0 spiro atoms. The summed E-state index contributed by atoms with van der Waals surface area (Å²) in [4.78, 5) is 21.4. The third kappa shape index (κ3) is 5.86. The van der Waals surface area contributed by atoms with Crippen LogP contribution in [0.1, 0.15) is 46.4 Å². The molecule has 0 bridgehead atoms. The zero-order valence-corrected chi connectivity index (χ0v) is 18.9. The molecular weight excluding hydrogens is 447 g/mol. The van der Waals surface area contributed by atoms with Crippen molar-refractivity contribution in [2.45, 2.75) is 38.8 Å². The molecule has 2 heterocycles. The van der Waals surface area contributed by atoms with Gasteiger partial charge in [0.05, 0.1) is 18.7 Å². The molecule has 3 atom stereocenters. The van der Waals surface area contributed by atoms with E-state index in [4.69, 9.17) is 9.32 Å². The van der Waals surface area contributed by atoms with Crippen LogP contribution in [0.3, 0.4) is 0 Å². The van der Waals surface area contributed by atoms with Crippen LogP contribution in [0.15, 0.2) is 43.0 Å². The zero-order valence-electron chi connectivity index (χ0n) is 18.1. The van der Waals surface area contributed by atoms with Crippen molar-refractivity contribution < 1.29 is 17.6 Å². The van der Waals surface area contributed by atoms with Crippen LogP contribution < -0.4 is 10.5 Å². The number of anilines is 1. The third-order valence-electron chi connectivity index (χ3n) is 5.71. The number of carbonyl (C=O) groups excluding carboxylic acids is 1. The molecule has 174 valence electrons. The Kier molecular flexibility index (Phi) is 7.21. The summed E-state index contributed by atoms with van der Waals surface area (Å²) in [5.74, 6) is 0.103. The quantitative estimate of drug-likeness (QED) is 0.459. The molecule has 1 saturated carbocycles. The van der Waals surface area contributed by atoms with Crippen LogP contribution in [0.5, 0.6) is 0 Å². The second kappa shape index (κ2) is 10.3. The first-order chi connectivity index (χ1) is 15.9. The Labute approximate surface area is 193 Å². The fourth-order valence-corrected chi connectivity index (χ4v) is 4.28. The first-order valence-electron chi connectivity index (χ1n) is 10.6. The Morgan fingerprint density at radius 1 is 1.36 bits per heavy atom. The van der Waals surface area contributed by atoms with Crippen LogP contribution in [0.25, 0.3) is 0 Å². The van der Waals surface area contributed by atoms with Crippen LogP contribution in [0.2, 0.25) is 0 Å². The summed E-state index contributed by atoms with van der Waals surface area (Å²) >= 11 is -1.77. The van der Waals surface area contributed by atoms with Crippen LogP contribution in [0, 0.1) is 18.7 Å². The maximum Gasteiger partial charge on any atom is 0.231 e. The van der Waals surface area contributed by atoms with Crippen LogP contribution in [-0.4, -0.2) is 42.4 Å². The van der Waals surface area contributed by atoms with E-state index >= 15 is 0 Å². The van der Waals surface area contributed by atoms with Gasteiger partial charge in [0.25, 0.3) is 0 Å². The van der Waals surface area contributed by atoms with E-state index in [-0.39, 0.29) is 29.3 Å². The van der Waals surface area contributed by atoms with E-state index in [1.54, 1.807) is 29.9 Å². The smallest absolute Gasteiger partial charge is 0.231 e. The van der Waals surface area contributed by atoms with Gasteiger partial charge in [0.15, 0.2) is 0 Å². The van der Waals surface area contributed by atoms with E-state index in [2.05, 4.69) is 20.4 Å². The molecule has 3 N–H and O–H groups in total. The zero-order chi connectivity index (χ0) is 23.4. The number of benzene rings is 1. The standard InChI is InChI=1S/C22H25FN6O3S/c1-14-2-3-15(9-19(14)23)11-29-7-6-20(28-29)21(30)18-10-25-13-26-22(18)27-17-5-4-16(8-17)12-32-33(24)31/h2-3,6-7,9-10,13,16-17H,4-5,8,11-12,24H2,1H3,(H,25,26,27). The fraction of sp³-hybridized carbons (Fsp3) is 0.364. The van der Waals surface area contributed by atoms with Gasteiger partial charge in [-0.25, -0.2) is 23.7 Å². The molecule has 1 aliphatic rings. The molecule has 0 aliphatic heterocycles. The minimum atomic E-state index is -1.77. The van der Waals surface area contributed by atoms with E-state index in [0.29, 0.717) is 30.1 Å². The van der Waals surface area contributed by atoms with E-state index in [1.165, 1.54) is 18.6 Å². The number of carbonyl (C=O) groups is 1. The predicted octanol–water partition coefficient (Wildman–Crippen LogP) is 2.53. The Bertz CT molecular complexity index is 1170. The van der Waals surface area contributed by atoms with E-state index in [0.717, 1.165) is 24.8 Å². The molecule has 1 aromatic carbocycles. The molecule has 1 aliphatic carbocycles. The molecule has 0 amide bonds. The maximum absolute atomic E-state index is 13.8. The molecule has 3 unspecified atom stereocenters. The van der Waals surface area contributed by atoms with Crippen molar-refractivity contribution in [1.82, 2.24) is 19.7 Å². The largest absolute Gasteiger partial charge is 0.367 e. The molecule has 9 nitrogen and oxygen atoms in total. The summed E-state index contributed by atoms with van der Waals surface area (Å²) in [5.41, 5.74) is 1.91. The summed E-state index contributed by atoms with van der Waals surface area (Å²) in [7, 11) is 0. The lowest BCUT2D eigenvalue weighted by atomic mass is 10.1. The number of hydrogen-bond donors (Lipinski definition) is 2. The molecule has 0 radical (unpaired) electrons. The highest BCUT2D eigenvalue weighted by Crippen LogP contribution is 2.29. The topological polar surface area (TPSA) is 125 Å². The first-order valence-corrected chi connectivity index (χ1v) is 11.7. The summed E-state index contributed by atoms with van der Waals surface area (Å²) in [6.45, 7) is 2.39. The highest BCUT2D eigenvalue weighted by Gasteiger charge is 2.27. The lowest BCUT2D eigenvalue weighted by Gasteiger charge is -2.15. The average Bonchev–Trinajstić information content (AvgIpc) is 3.44. The normalized spacial score (nSPS) is 18.9. The number of nitrogens with two attached hydrogens (primary N) is 1. The van der Waals surface area contributed by atoms with Crippen molar-refractivity contribution in [3.05, 3.63) is 71.2 Å². The Hall–Kier alpha value is -3.02. The molecule has 3 aromatic rings. The number of nitrogens with one attached hydrogen (secondary N) is 1. The number of rotatable bonds is 9. The van der Waals surface area contributed by atoms with Crippen molar-refractivity contribution in [1.29, 1.82) is 0 Å². The van der Waals surface area contributed by atoms with Crippen LogP contribution in [-0.2, 0) is 22.0 Å². The summed E-state index contributed by atoms with van der Waals surface area (Å²) < 4.78 is 31.4. The van der Waals surface area contributed by atoms with E-state index in [9.17, 15) is 13.4 Å². The Morgan fingerprint density at radius 2 is 2.21 bits per heavy atom. The summed E-state index contributed by atoms with van der Waals surface area (Å²) in [6.07, 6.45) is 7.09. The van der Waals surface area contributed by atoms with Crippen molar-refractivity contribution in [2.75, 3.05) is 11.9 Å². The average molecular weight is 473 g/mol. The molecular formula is C22H25FN6O3S. The van der Waals surface area contributed by atoms with E-state index < -0.39 is 11.3 Å². The summed E-state index contributed by atoms with van der Waals surface area (Å²) in [6, 6.07) is 6.74. The molecule has 11 heteroatoms. The van der Waals surface area contributed by atoms with E-state index in [1.807, 2.05) is 6.07 Å². The number of ketones is 1. The number of nitrogens with zero attached hydrogens (tertiary/aromatic N) is 4. The Balaban J connectivity index is 1.43. The fourth-order valence-electron chi connectivity index (χ4n) is 3.96. The SMILES string of the molecule is Cc1ccc(Cn2ccc(C(=O)c3cncnc3NC3CCC(COS(N)=O)C3)n2)cc1F. The van der Waals surface area contributed by atoms with Gasteiger partial charge < -0.3 is 5.32 Å². The van der Waals surface area contributed by atoms with Crippen molar-refractivity contribution in [2.24, 2.45) is 11.1 Å². The molecule has 0 saturated heterocycles. The maximum atomic E-state index is 13.8. The van der Waals surface area contributed by atoms with Gasteiger partial charge in [-0.05, 0) is 55.4 Å². The lowest BCUT2D eigenvalue weighted by molar-refractivity contribution is 0.103. The highest BCUT2D eigenvalue weighted by atomic mass is 32.2. The number of aryl methyl sites for hydroxylation is 1. The highest BCUT2D eigenvalue weighted by molar-refractivity contribution is 7.77. The summed E-state index contributed by atoms with van der Waals surface area (Å²) in [5, 5.41) is 12.8. The lowest BCUT2D eigenvalue weighted by Crippen LogP contribution is -2.21. The second-order valence-electron chi connectivity index (χ2n) is 8.16. The predicted molar refractivity (Wildman–Crippen MR) is 121 cm³/mol. The van der Waals surface area contributed by atoms with Gasteiger partial charge in [0, 0.05) is 18.4 Å². The number of hydrogen-bond acceptors (Lipinski definition) is 7. The van der Waals surface area contributed by atoms with Gasteiger partial charge in [-0.2, -0.15) is 5.10 Å². The van der Waals surface area contributed by atoms with Gasteiger partial charge in [-0.1, -0.05) is 12.1 Å². The van der Waals surface area contributed by atoms with Crippen molar-refractivity contribution >= 4 is 22.9 Å². The Morgan fingerprint density at radius 3 is 3.00 bits per heavy atom. The van der Waals surface area contributed by atoms with Crippen LogP contribution in [0.4, 0.5) is 10.2 Å². The second-order valence-corrected chi connectivity index (χ2v) is 8.92. The van der Waals surface area contributed by atoms with Gasteiger partial charge in [0.2, 0.25) is 17.0 Å². The molecule has 2 aromatic heterocycles. The minimum Gasteiger partial charge on any atom is -0.367 e. The third-order valence-corrected chi connectivity index (χ3v) is 6.08. The molecule has 1 fully saturated rings. The number of halogens is 1. The van der Waals surface area contributed by atoms with Crippen molar-refractivity contribution in [3.8, 4) is 0 Å². The minimum absolute atomic E-state index is 0.0975. The first kappa shape index (κ1) is 23.1. The number of aromatic nitrogens is 4. The van der Waals surface area contributed by atoms with Gasteiger partial charge in [-0.3, -0.25) is 13.7 Å². The van der Waals surface area contributed by atoms with Crippen LogP contribution >= 0.6 is 0 Å². The monoisotopic (exact) mass is 472 g/mol.